The molecule has 0 atom stereocenters. The highest BCUT2D eigenvalue weighted by Crippen LogP contribution is 2.30. The van der Waals surface area contributed by atoms with Crippen LogP contribution in [0.15, 0.2) is 17.2 Å². The van der Waals surface area contributed by atoms with Crippen molar-refractivity contribution in [2.75, 3.05) is 32.9 Å². The summed E-state index contributed by atoms with van der Waals surface area (Å²) >= 11 is 0. The van der Waals surface area contributed by atoms with Crippen LogP contribution in [-0.4, -0.2) is 62.9 Å². The summed E-state index contributed by atoms with van der Waals surface area (Å²) in [6.45, 7) is 2.40. The van der Waals surface area contributed by atoms with Gasteiger partial charge in [-0.25, -0.2) is 22.9 Å². The number of hydrogen-bond acceptors (Lipinski definition) is 7. The number of rotatable bonds is 5. The minimum absolute atomic E-state index is 0.0956. The lowest BCUT2D eigenvalue weighted by Crippen LogP contribution is -2.55. The Morgan fingerprint density at radius 3 is 2.68 bits per heavy atom. The van der Waals surface area contributed by atoms with Gasteiger partial charge in [0.1, 0.15) is 28.8 Å². The van der Waals surface area contributed by atoms with Crippen LogP contribution < -0.4 is 9.88 Å². The van der Waals surface area contributed by atoms with Crippen LogP contribution in [0.2, 0.25) is 0 Å². The molecule has 3 rings (SSSR count). The Bertz CT molecular complexity index is 783. The van der Waals surface area contributed by atoms with E-state index in [2.05, 4.69) is 9.88 Å². The summed E-state index contributed by atoms with van der Waals surface area (Å²) in [5, 5.41) is 14.1. The SMILES string of the molecule is N#Cc1cc(S(N)(=O)=O)cnc1OCC1(F)CCN(C2COC2)CC1. The van der Waals surface area contributed by atoms with Crippen LogP contribution in [0.25, 0.3) is 0 Å². The van der Waals surface area contributed by atoms with Crippen molar-refractivity contribution in [3.63, 3.8) is 0 Å². The van der Waals surface area contributed by atoms with Gasteiger partial charge >= 0.3 is 0 Å². The molecule has 0 bridgehead atoms. The molecule has 2 saturated heterocycles. The van der Waals surface area contributed by atoms with Crippen molar-refractivity contribution in [2.24, 2.45) is 5.14 Å². The fourth-order valence-corrected chi connectivity index (χ4v) is 3.33. The van der Waals surface area contributed by atoms with Gasteiger partial charge < -0.3 is 9.47 Å². The van der Waals surface area contributed by atoms with Crippen molar-refractivity contribution in [3.8, 4) is 11.9 Å². The molecule has 1 aromatic rings. The summed E-state index contributed by atoms with van der Waals surface area (Å²) in [4.78, 5) is 5.72. The largest absolute Gasteiger partial charge is 0.473 e. The van der Waals surface area contributed by atoms with E-state index in [1.54, 1.807) is 6.07 Å². The van der Waals surface area contributed by atoms with Crippen LogP contribution in [-0.2, 0) is 14.8 Å². The van der Waals surface area contributed by atoms with E-state index >= 15 is 0 Å². The Morgan fingerprint density at radius 2 is 2.16 bits per heavy atom. The van der Waals surface area contributed by atoms with Gasteiger partial charge in [-0.3, -0.25) is 4.90 Å². The number of sulfonamides is 1. The van der Waals surface area contributed by atoms with Crippen molar-refractivity contribution in [1.29, 1.82) is 5.26 Å². The highest BCUT2D eigenvalue weighted by molar-refractivity contribution is 7.89. The number of piperidine rings is 1. The number of likely N-dealkylation sites (tertiary alicyclic amines) is 1. The predicted molar refractivity (Wildman–Crippen MR) is 85.1 cm³/mol. The third-order valence-electron chi connectivity index (χ3n) is 4.57. The number of ether oxygens (including phenoxy) is 2. The van der Waals surface area contributed by atoms with Gasteiger partial charge in [0.2, 0.25) is 15.9 Å². The Kier molecular flexibility index (Phi) is 4.92. The molecule has 10 heteroatoms. The minimum Gasteiger partial charge on any atom is -0.473 e. The van der Waals surface area contributed by atoms with E-state index < -0.39 is 15.7 Å². The highest BCUT2D eigenvalue weighted by Gasteiger charge is 2.39. The van der Waals surface area contributed by atoms with Gasteiger partial charge in [-0.05, 0) is 18.9 Å². The van der Waals surface area contributed by atoms with Crippen LogP contribution in [0.5, 0.6) is 5.88 Å². The first-order valence-electron chi connectivity index (χ1n) is 7.87. The first-order valence-corrected chi connectivity index (χ1v) is 9.42. The molecule has 25 heavy (non-hydrogen) atoms. The molecular weight excluding hydrogens is 351 g/mol. The lowest BCUT2D eigenvalue weighted by molar-refractivity contribution is -0.0892. The molecule has 2 aliphatic heterocycles. The zero-order valence-electron chi connectivity index (χ0n) is 13.5. The van der Waals surface area contributed by atoms with E-state index in [-0.39, 0.29) is 22.9 Å². The van der Waals surface area contributed by atoms with Gasteiger partial charge in [-0.2, -0.15) is 5.26 Å². The summed E-state index contributed by atoms with van der Waals surface area (Å²) in [5.41, 5.74) is -1.60. The van der Waals surface area contributed by atoms with Gasteiger partial charge in [0.05, 0.1) is 25.5 Å². The van der Waals surface area contributed by atoms with Gasteiger partial charge in [-0.1, -0.05) is 0 Å². The summed E-state index contributed by atoms with van der Waals surface area (Å²) in [7, 11) is -3.97. The molecule has 0 saturated carbocycles. The van der Waals surface area contributed by atoms with E-state index in [1.165, 1.54) is 0 Å². The molecule has 1 aromatic heterocycles. The maximum Gasteiger partial charge on any atom is 0.239 e. The van der Waals surface area contributed by atoms with Crippen molar-refractivity contribution < 1.29 is 22.3 Å². The van der Waals surface area contributed by atoms with Crippen molar-refractivity contribution >= 4 is 10.0 Å². The lowest BCUT2D eigenvalue weighted by atomic mass is 9.93. The maximum atomic E-state index is 14.9. The Balaban J connectivity index is 1.62. The van der Waals surface area contributed by atoms with Crippen molar-refractivity contribution in [2.45, 2.75) is 29.4 Å². The molecule has 2 aliphatic rings. The normalized spacial score (nSPS) is 21.3. The average molecular weight is 370 g/mol. The zero-order valence-corrected chi connectivity index (χ0v) is 14.3. The molecule has 0 aromatic carbocycles. The number of alkyl halides is 1. The van der Waals surface area contributed by atoms with Gasteiger partial charge in [0.25, 0.3) is 0 Å². The van der Waals surface area contributed by atoms with Crippen molar-refractivity contribution in [3.05, 3.63) is 17.8 Å². The van der Waals surface area contributed by atoms with Crippen LogP contribution in [0, 0.1) is 11.3 Å². The second-order valence-corrected chi connectivity index (χ2v) is 7.91. The van der Waals surface area contributed by atoms with E-state index in [1.807, 2.05) is 0 Å². The maximum absolute atomic E-state index is 14.9. The number of halogens is 1. The smallest absolute Gasteiger partial charge is 0.239 e. The summed E-state index contributed by atoms with van der Waals surface area (Å²) < 4.78 is 48.0. The second-order valence-electron chi connectivity index (χ2n) is 6.35. The molecule has 3 heterocycles. The van der Waals surface area contributed by atoms with E-state index in [9.17, 15) is 12.8 Å². The Labute approximate surface area is 145 Å². The molecule has 136 valence electrons. The molecule has 0 aliphatic carbocycles. The number of nitriles is 1. The Hall–Kier alpha value is -1.80. The number of aromatic nitrogens is 1. The number of primary sulfonamides is 1. The molecule has 8 nitrogen and oxygen atoms in total. The lowest BCUT2D eigenvalue weighted by Gasteiger charge is -2.43. The topological polar surface area (TPSA) is 119 Å². The fourth-order valence-electron chi connectivity index (χ4n) is 2.85. The number of nitrogens with two attached hydrogens (primary N) is 1. The summed E-state index contributed by atoms with van der Waals surface area (Å²) in [6, 6.07) is 3.24. The predicted octanol–water partition coefficient (Wildman–Crippen LogP) is 0.182. The van der Waals surface area contributed by atoms with Gasteiger partial charge in [0.15, 0.2) is 0 Å². The molecule has 2 fully saturated rings. The monoisotopic (exact) mass is 370 g/mol. The minimum atomic E-state index is -3.97. The molecule has 0 spiro atoms. The fraction of sp³-hybridized carbons (Fsp3) is 0.600. The second kappa shape index (κ2) is 6.84. The third kappa shape index (κ3) is 4.07. The van der Waals surface area contributed by atoms with Crippen LogP contribution >= 0.6 is 0 Å². The summed E-state index contributed by atoms with van der Waals surface area (Å²) in [6.07, 6.45) is 1.64. The quantitative estimate of drug-likeness (QED) is 0.785. The molecular formula is C15H19FN4O4S. The van der Waals surface area contributed by atoms with Gasteiger partial charge in [-0.15, -0.1) is 0 Å². The molecule has 0 unspecified atom stereocenters. The third-order valence-corrected chi connectivity index (χ3v) is 5.45. The van der Waals surface area contributed by atoms with E-state index in [0.717, 1.165) is 12.3 Å². The molecule has 2 N–H and O–H groups in total. The van der Waals surface area contributed by atoms with Gasteiger partial charge in [0, 0.05) is 13.1 Å². The Morgan fingerprint density at radius 1 is 1.48 bits per heavy atom. The van der Waals surface area contributed by atoms with Crippen molar-refractivity contribution in [1.82, 2.24) is 9.88 Å². The van der Waals surface area contributed by atoms with E-state index in [4.69, 9.17) is 19.9 Å². The average Bonchev–Trinajstić information content (AvgIpc) is 2.52. The van der Waals surface area contributed by atoms with E-state index in [0.29, 0.717) is 45.2 Å². The highest BCUT2D eigenvalue weighted by atomic mass is 32.2. The van der Waals surface area contributed by atoms with Crippen LogP contribution in [0.3, 0.4) is 0 Å². The molecule has 0 radical (unpaired) electrons. The zero-order chi connectivity index (χ0) is 18.1. The number of hydrogen-bond donors (Lipinski definition) is 1. The first-order chi connectivity index (χ1) is 11.8. The van der Waals surface area contributed by atoms with Crippen LogP contribution in [0.1, 0.15) is 18.4 Å². The summed E-state index contributed by atoms with van der Waals surface area (Å²) in [5.74, 6) is -0.0956. The number of nitrogens with zero attached hydrogens (tertiary/aromatic N) is 3. The first kappa shape index (κ1) is 18.0. The molecule has 0 amide bonds. The standard InChI is InChI=1S/C15H19FN4O4S/c16-15(1-3-20(4-2-15)12-8-23-9-12)10-24-14-11(6-17)5-13(7-19-14)25(18,21)22/h5,7,12H,1-4,8-10H2,(H2,18,21,22). The van der Waals surface area contributed by atoms with Crippen LogP contribution in [0.4, 0.5) is 4.39 Å². The number of pyridine rings is 1.